The van der Waals surface area contributed by atoms with E-state index in [1.807, 2.05) is 0 Å². The molecular weight excluding hydrogens is 253 g/mol. The third-order valence-electron chi connectivity index (χ3n) is 2.89. The van der Waals surface area contributed by atoms with Crippen molar-refractivity contribution in [1.29, 1.82) is 0 Å². The van der Waals surface area contributed by atoms with Gasteiger partial charge in [-0.15, -0.1) is 0 Å². The molecule has 0 unspecified atom stereocenters. The molecule has 0 aromatic rings. The Morgan fingerprint density at radius 2 is 1.50 bits per heavy atom. The molecule has 0 aliphatic rings. The second-order valence-corrected chi connectivity index (χ2v) is 4.55. The second kappa shape index (κ2) is 17.8. The topological polar surface area (TPSA) is 46.2 Å². The summed E-state index contributed by atoms with van der Waals surface area (Å²) in [6.07, 6.45) is 12.6. The van der Waals surface area contributed by atoms with E-state index in [0.717, 1.165) is 12.8 Å². The zero-order chi connectivity index (χ0) is 12.8. The van der Waals surface area contributed by atoms with Crippen LogP contribution in [0.15, 0.2) is 0 Å². The van der Waals surface area contributed by atoms with Gasteiger partial charge in [-0.1, -0.05) is 58.3 Å². The van der Waals surface area contributed by atoms with Crippen LogP contribution in [0, 0.1) is 0 Å². The van der Waals surface area contributed by atoms with Gasteiger partial charge in [0.05, 0.1) is 6.54 Å². The average molecular weight is 281 g/mol. The summed E-state index contributed by atoms with van der Waals surface area (Å²) in [5.41, 5.74) is 0. The van der Waals surface area contributed by atoms with Gasteiger partial charge in [0.1, 0.15) is 6.29 Å². The molecule has 0 atom stereocenters. The molecule has 0 saturated heterocycles. The van der Waals surface area contributed by atoms with Crippen molar-refractivity contribution in [2.75, 3.05) is 6.54 Å². The molecule has 18 heavy (non-hydrogen) atoms. The Morgan fingerprint density at radius 3 is 2.00 bits per heavy atom. The second-order valence-electron chi connectivity index (χ2n) is 4.55. The SMILES string of the molecule is CCCCCCCCCCCC(=O)NCC=O.[H-].[K+]. The molecule has 0 fully saturated rings. The van der Waals surface area contributed by atoms with E-state index in [9.17, 15) is 9.59 Å². The van der Waals surface area contributed by atoms with Gasteiger partial charge in [-0.25, -0.2) is 0 Å². The fraction of sp³-hybridized carbons (Fsp3) is 0.857. The van der Waals surface area contributed by atoms with E-state index in [1.54, 1.807) is 0 Å². The zero-order valence-electron chi connectivity index (χ0n) is 13.2. The first-order chi connectivity index (χ1) is 8.31. The van der Waals surface area contributed by atoms with E-state index in [4.69, 9.17) is 0 Å². The molecule has 0 bridgehead atoms. The number of aldehydes is 1. The Morgan fingerprint density at radius 1 is 1.00 bits per heavy atom. The minimum absolute atomic E-state index is 0. The van der Waals surface area contributed by atoms with Gasteiger partial charge in [-0.2, -0.15) is 0 Å². The van der Waals surface area contributed by atoms with Crippen LogP contribution in [0.2, 0.25) is 0 Å². The van der Waals surface area contributed by atoms with E-state index in [2.05, 4.69) is 12.2 Å². The summed E-state index contributed by atoms with van der Waals surface area (Å²) in [6.45, 7) is 2.38. The molecular formula is C14H28KNO2. The smallest absolute Gasteiger partial charge is 1.00 e. The minimum Gasteiger partial charge on any atom is -1.00 e. The van der Waals surface area contributed by atoms with Gasteiger partial charge < -0.3 is 11.5 Å². The summed E-state index contributed by atoms with van der Waals surface area (Å²) < 4.78 is 0. The summed E-state index contributed by atoms with van der Waals surface area (Å²) in [5, 5.41) is 2.55. The van der Waals surface area contributed by atoms with Crippen LogP contribution in [-0.2, 0) is 9.59 Å². The molecule has 1 N–H and O–H groups in total. The molecule has 0 aromatic heterocycles. The molecule has 0 spiro atoms. The number of amides is 1. The van der Waals surface area contributed by atoms with Crippen LogP contribution in [0.1, 0.15) is 72.6 Å². The van der Waals surface area contributed by atoms with Gasteiger partial charge in [0.25, 0.3) is 0 Å². The molecule has 0 saturated carbocycles. The van der Waals surface area contributed by atoms with Crippen LogP contribution in [0.4, 0.5) is 0 Å². The van der Waals surface area contributed by atoms with Crippen LogP contribution >= 0.6 is 0 Å². The Bertz CT molecular complexity index is 204. The third-order valence-corrected chi connectivity index (χ3v) is 2.89. The number of carbonyl (C=O) groups excluding carboxylic acids is 2. The number of carbonyl (C=O) groups is 2. The molecule has 0 rings (SSSR count). The van der Waals surface area contributed by atoms with E-state index in [-0.39, 0.29) is 65.3 Å². The van der Waals surface area contributed by atoms with Gasteiger partial charge in [-0.3, -0.25) is 4.79 Å². The van der Waals surface area contributed by atoms with Crippen LogP contribution < -0.4 is 56.7 Å². The fourth-order valence-corrected chi connectivity index (χ4v) is 1.84. The van der Waals surface area contributed by atoms with Crippen LogP contribution in [0.5, 0.6) is 0 Å². The fourth-order valence-electron chi connectivity index (χ4n) is 1.84. The third kappa shape index (κ3) is 16.8. The Labute approximate surface area is 156 Å². The predicted octanol–water partition coefficient (Wildman–Crippen LogP) is 0.339. The summed E-state index contributed by atoms with van der Waals surface area (Å²) in [4.78, 5) is 21.2. The Balaban J connectivity index is -0.00000128. The molecule has 0 heterocycles. The summed E-state index contributed by atoms with van der Waals surface area (Å²) in [7, 11) is 0. The average Bonchev–Trinajstić information content (AvgIpc) is 2.34. The van der Waals surface area contributed by atoms with Gasteiger partial charge in [-0.05, 0) is 6.42 Å². The van der Waals surface area contributed by atoms with Crippen molar-refractivity contribution in [3.63, 3.8) is 0 Å². The zero-order valence-corrected chi connectivity index (χ0v) is 15.3. The van der Waals surface area contributed by atoms with Crippen molar-refractivity contribution in [3.8, 4) is 0 Å². The molecule has 0 aliphatic heterocycles. The maximum absolute atomic E-state index is 11.1. The molecule has 0 aromatic carbocycles. The molecule has 0 radical (unpaired) electrons. The summed E-state index contributed by atoms with van der Waals surface area (Å²) >= 11 is 0. The predicted molar refractivity (Wildman–Crippen MR) is 72.0 cm³/mol. The molecule has 0 aliphatic carbocycles. The van der Waals surface area contributed by atoms with E-state index in [0.29, 0.717) is 12.7 Å². The minimum atomic E-state index is 0. The van der Waals surface area contributed by atoms with Gasteiger partial charge in [0.15, 0.2) is 0 Å². The summed E-state index contributed by atoms with van der Waals surface area (Å²) in [6, 6.07) is 0. The number of hydrogen-bond donors (Lipinski definition) is 1. The number of unbranched alkanes of at least 4 members (excludes halogenated alkanes) is 8. The standard InChI is InChI=1S/C14H27NO2.K.H/c1-2-3-4-5-6-7-8-9-10-11-14(17)15-12-13-16;;/h13H,2-12H2,1H3,(H,15,17);;/q;+1;-1. The van der Waals surface area contributed by atoms with E-state index >= 15 is 0 Å². The quantitative estimate of drug-likeness (QED) is 0.318. The molecule has 3 nitrogen and oxygen atoms in total. The first-order valence-electron chi connectivity index (χ1n) is 7.01. The number of rotatable bonds is 12. The van der Waals surface area contributed by atoms with Gasteiger partial charge in [0.2, 0.25) is 5.91 Å². The first kappa shape index (κ1) is 21.1. The number of hydrogen-bond acceptors (Lipinski definition) is 2. The van der Waals surface area contributed by atoms with Crippen LogP contribution in [0.3, 0.4) is 0 Å². The van der Waals surface area contributed by atoms with Crippen LogP contribution in [-0.4, -0.2) is 18.7 Å². The normalized spacial score (nSPS) is 9.61. The van der Waals surface area contributed by atoms with Crippen molar-refractivity contribution in [3.05, 3.63) is 0 Å². The maximum atomic E-state index is 11.1. The summed E-state index contributed by atoms with van der Waals surface area (Å²) in [5.74, 6) is 0.0000424. The van der Waals surface area contributed by atoms with Crippen molar-refractivity contribution in [2.45, 2.75) is 71.1 Å². The monoisotopic (exact) mass is 281 g/mol. The van der Waals surface area contributed by atoms with Crippen molar-refractivity contribution in [1.82, 2.24) is 5.32 Å². The van der Waals surface area contributed by atoms with E-state index < -0.39 is 0 Å². The van der Waals surface area contributed by atoms with Gasteiger partial charge >= 0.3 is 51.4 Å². The van der Waals surface area contributed by atoms with Crippen molar-refractivity contribution in [2.24, 2.45) is 0 Å². The maximum Gasteiger partial charge on any atom is 1.00 e. The van der Waals surface area contributed by atoms with E-state index in [1.165, 1.54) is 44.9 Å². The van der Waals surface area contributed by atoms with Crippen LogP contribution in [0.25, 0.3) is 0 Å². The Kier molecular flexibility index (Phi) is 20.8. The molecule has 1 amide bonds. The van der Waals surface area contributed by atoms with Crippen molar-refractivity contribution < 1.29 is 62.4 Å². The Hall–Kier alpha value is 0.776. The largest absolute Gasteiger partial charge is 1.00 e. The number of nitrogens with one attached hydrogen (secondary N) is 1. The first-order valence-corrected chi connectivity index (χ1v) is 7.01. The van der Waals surface area contributed by atoms with Crippen molar-refractivity contribution >= 4 is 12.2 Å². The molecule has 102 valence electrons. The van der Waals surface area contributed by atoms with Gasteiger partial charge in [0, 0.05) is 6.42 Å². The molecule has 4 heteroatoms.